The van der Waals surface area contributed by atoms with Gasteiger partial charge in [0.2, 0.25) is 0 Å². The molecular formula is C16H17F2N3O. The van der Waals surface area contributed by atoms with E-state index in [-0.39, 0.29) is 5.56 Å². The minimum atomic E-state index is -0.824. The van der Waals surface area contributed by atoms with Gasteiger partial charge in [-0.3, -0.25) is 9.78 Å². The van der Waals surface area contributed by atoms with Crippen LogP contribution in [0.2, 0.25) is 0 Å². The van der Waals surface area contributed by atoms with Gasteiger partial charge in [0.05, 0.1) is 11.3 Å². The maximum absolute atomic E-state index is 13.5. The molecule has 0 aliphatic carbocycles. The Balaban J connectivity index is 2.14. The van der Waals surface area contributed by atoms with Gasteiger partial charge in [-0.15, -0.1) is 0 Å². The summed E-state index contributed by atoms with van der Waals surface area (Å²) in [5.74, 6) is -1.83. The minimum Gasteiger partial charge on any atom is -0.384 e. The van der Waals surface area contributed by atoms with Crippen molar-refractivity contribution in [1.82, 2.24) is 4.98 Å². The Morgan fingerprint density at radius 3 is 2.55 bits per heavy atom. The lowest BCUT2D eigenvalue weighted by Crippen LogP contribution is -2.15. The number of benzene rings is 1. The van der Waals surface area contributed by atoms with Crippen molar-refractivity contribution in [2.24, 2.45) is 5.92 Å². The first-order valence-electron chi connectivity index (χ1n) is 6.91. The average Bonchev–Trinajstić information content (AvgIpc) is 2.49. The Kier molecular flexibility index (Phi) is 5.04. The van der Waals surface area contributed by atoms with Crippen molar-refractivity contribution in [2.45, 2.75) is 13.8 Å². The molecule has 0 bridgehead atoms. The molecule has 0 radical (unpaired) electrons. The SMILES string of the molecule is CC(C)CNc1cncc(C(=O)Nc2c(F)cccc2F)c1. The fourth-order valence-corrected chi connectivity index (χ4v) is 1.79. The molecule has 0 unspecified atom stereocenters. The summed E-state index contributed by atoms with van der Waals surface area (Å²) in [4.78, 5) is 16.1. The Labute approximate surface area is 127 Å². The summed E-state index contributed by atoms with van der Waals surface area (Å²) in [7, 11) is 0. The van der Waals surface area contributed by atoms with Crippen LogP contribution in [0.5, 0.6) is 0 Å². The van der Waals surface area contributed by atoms with Crippen LogP contribution in [0.1, 0.15) is 24.2 Å². The lowest BCUT2D eigenvalue weighted by atomic mass is 10.2. The quantitative estimate of drug-likeness (QED) is 0.886. The van der Waals surface area contributed by atoms with Gasteiger partial charge in [0, 0.05) is 18.9 Å². The molecule has 0 fully saturated rings. The molecule has 6 heteroatoms. The number of anilines is 2. The molecule has 0 aliphatic heterocycles. The van der Waals surface area contributed by atoms with Crippen LogP contribution in [0.15, 0.2) is 36.7 Å². The third kappa shape index (κ3) is 4.00. The van der Waals surface area contributed by atoms with Crippen LogP contribution in [0.4, 0.5) is 20.2 Å². The van der Waals surface area contributed by atoms with Crippen LogP contribution in [0.3, 0.4) is 0 Å². The van der Waals surface area contributed by atoms with Crippen molar-refractivity contribution in [1.29, 1.82) is 0 Å². The molecular weight excluding hydrogens is 288 g/mol. The second-order valence-electron chi connectivity index (χ2n) is 5.29. The van der Waals surface area contributed by atoms with Gasteiger partial charge in [-0.25, -0.2) is 8.78 Å². The highest BCUT2D eigenvalue weighted by atomic mass is 19.1. The number of pyridine rings is 1. The van der Waals surface area contributed by atoms with E-state index in [4.69, 9.17) is 0 Å². The first-order chi connectivity index (χ1) is 10.5. The van der Waals surface area contributed by atoms with Gasteiger partial charge in [0.15, 0.2) is 0 Å². The van der Waals surface area contributed by atoms with Crippen molar-refractivity contribution in [2.75, 3.05) is 17.2 Å². The summed E-state index contributed by atoms with van der Waals surface area (Å²) >= 11 is 0. The molecule has 2 N–H and O–H groups in total. The van der Waals surface area contributed by atoms with E-state index in [1.807, 2.05) is 0 Å². The smallest absolute Gasteiger partial charge is 0.257 e. The molecule has 1 amide bonds. The maximum Gasteiger partial charge on any atom is 0.257 e. The molecule has 1 heterocycles. The summed E-state index contributed by atoms with van der Waals surface area (Å²) in [5.41, 5.74) is 0.430. The number of amides is 1. The van der Waals surface area contributed by atoms with Crippen LogP contribution in [0, 0.1) is 17.6 Å². The summed E-state index contributed by atoms with van der Waals surface area (Å²) < 4.78 is 27.1. The van der Waals surface area contributed by atoms with E-state index >= 15 is 0 Å². The van der Waals surface area contributed by atoms with Crippen LogP contribution in [-0.2, 0) is 0 Å². The zero-order valence-corrected chi connectivity index (χ0v) is 12.4. The molecule has 1 aromatic heterocycles. The number of hydrogen-bond acceptors (Lipinski definition) is 3. The van der Waals surface area contributed by atoms with E-state index < -0.39 is 23.2 Å². The van der Waals surface area contributed by atoms with Crippen LogP contribution < -0.4 is 10.6 Å². The normalized spacial score (nSPS) is 10.6. The highest BCUT2D eigenvalue weighted by molar-refractivity contribution is 6.04. The van der Waals surface area contributed by atoms with Crippen molar-refractivity contribution < 1.29 is 13.6 Å². The number of carbonyl (C=O) groups is 1. The fourth-order valence-electron chi connectivity index (χ4n) is 1.79. The largest absolute Gasteiger partial charge is 0.384 e. The Morgan fingerprint density at radius 2 is 1.91 bits per heavy atom. The Hall–Kier alpha value is -2.50. The predicted octanol–water partition coefficient (Wildman–Crippen LogP) is 3.68. The molecule has 0 spiro atoms. The third-order valence-corrected chi connectivity index (χ3v) is 2.92. The van der Waals surface area contributed by atoms with Crippen LogP contribution >= 0.6 is 0 Å². The van der Waals surface area contributed by atoms with E-state index in [1.54, 1.807) is 12.3 Å². The van der Waals surface area contributed by atoms with Gasteiger partial charge >= 0.3 is 0 Å². The molecule has 0 saturated heterocycles. The van der Waals surface area contributed by atoms with Crippen molar-refractivity contribution >= 4 is 17.3 Å². The topological polar surface area (TPSA) is 54.0 Å². The van der Waals surface area contributed by atoms with E-state index in [1.165, 1.54) is 12.3 Å². The highest BCUT2D eigenvalue weighted by Gasteiger charge is 2.14. The number of carbonyl (C=O) groups excluding carboxylic acids is 1. The van der Waals surface area contributed by atoms with Crippen LogP contribution in [-0.4, -0.2) is 17.4 Å². The molecule has 2 aromatic rings. The van der Waals surface area contributed by atoms with Gasteiger partial charge in [-0.05, 0) is 24.1 Å². The van der Waals surface area contributed by atoms with Crippen molar-refractivity contribution in [3.05, 3.63) is 53.9 Å². The maximum atomic E-state index is 13.5. The second kappa shape index (κ2) is 6.98. The average molecular weight is 305 g/mol. The summed E-state index contributed by atoms with van der Waals surface area (Å²) in [6, 6.07) is 4.98. The first kappa shape index (κ1) is 15.9. The number of hydrogen-bond donors (Lipinski definition) is 2. The summed E-state index contributed by atoms with van der Waals surface area (Å²) in [5, 5.41) is 5.37. The molecule has 0 aliphatic rings. The molecule has 0 saturated carbocycles. The summed E-state index contributed by atoms with van der Waals surface area (Å²) in [6.07, 6.45) is 2.93. The third-order valence-electron chi connectivity index (χ3n) is 2.92. The zero-order valence-electron chi connectivity index (χ0n) is 12.4. The molecule has 0 atom stereocenters. The van der Waals surface area contributed by atoms with E-state index in [2.05, 4.69) is 29.5 Å². The Morgan fingerprint density at radius 1 is 1.23 bits per heavy atom. The highest BCUT2D eigenvalue weighted by Crippen LogP contribution is 2.19. The monoisotopic (exact) mass is 305 g/mol. The zero-order chi connectivity index (χ0) is 16.1. The Bertz CT molecular complexity index is 654. The van der Waals surface area contributed by atoms with E-state index in [0.717, 1.165) is 18.7 Å². The van der Waals surface area contributed by atoms with Gasteiger partial charge in [-0.1, -0.05) is 19.9 Å². The number of nitrogens with zero attached hydrogens (tertiary/aromatic N) is 1. The molecule has 116 valence electrons. The molecule has 4 nitrogen and oxygen atoms in total. The molecule has 22 heavy (non-hydrogen) atoms. The number of rotatable bonds is 5. The van der Waals surface area contributed by atoms with E-state index in [0.29, 0.717) is 11.6 Å². The van der Waals surface area contributed by atoms with Crippen LogP contribution in [0.25, 0.3) is 0 Å². The van der Waals surface area contributed by atoms with Crippen molar-refractivity contribution in [3.63, 3.8) is 0 Å². The van der Waals surface area contributed by atoms with Gasteiger partial charge < -0.3 is 10.6 Å². The second-order valence-corrected chi connectivity index (χ2v) is 5.29. The van der Waals surface area contributed by atoms with Gasteiger partial charge in [0.1, 0.15) is 17.3 Å². The lowest BCUT2D eigenvalue weighted by Gasteiger charge is -2.10. The number of para-hydroxylation sites is 1. The predicted molar refractivity (Wildman–Crippen MR) is 81.9 cm³/mol. The van der Waals surface area contributed by atoms with E-state index in [9.17, 15) is 13.6 Å². The van der Waals surface area contributed by atoms with Crippen molar-refractivity contribution in [3.8, 4) is 0 Å². The van der Waals surface area contributed by atoms with Gasteiger partial charge in [-0.2, -0.15) is 0 Å². The first-order valence-corrected chi connectivity index (χ1v) is 6.91. The number of nitrogens with one attached hydrogen (secondary N) is 2. The molecule has 2 rings (SSSR count). The standard InChI is InChI=1S/C16H17F2N3O/c1-10(2)7-20-12-6-11(8-19-9-12)16(22)21-15-13(17)4-3-5-14(15)18/h3-6,8-10,20H,7H2,1-2H3,(H,21,22). The molecule has 1 aromatic carbocycles. The lowest BCUT2D eigenvalue weighted by molar-refractivity contribution is 0.102. The summed E-state index contributed by atoms with van der Waals surface area (Å²) in [6.45, 7) is 4.84. The fraction of sp³-hybridized carbons (Fsp3) is 0.250. The van der Waals surface area contributed by atoms with Gasteiger partial charge in [0.25, 0.3) is 5.91 Å². The number of aromatic nitrogens is 1. The number of halogens is 2. The minimum absolute atomic E-state index is 0.219.